The first-order chi connectivity index (χ1) is 9.87. The smallest absolute Gasteiger partial charge is 0.398 e. The molecule has 0 unspecified atom stereocenters. The Bertz CT molecular complexity index is 690. The molecular weight excluding hydrogens is 265 g/mol. The lowest BCUT2D eigenvalue weighted by Gasteiger charge is -2.32. The van der Waals surface area contributed by atoms with Gasteiger partial charge in [0.2, 0.25) is 0 Å². The Morgan fingerprint density at radius 1 is 1.19 bits per heavy atom. The molecule has 3 heterocycles. The number of hydrogen-bond donors (Lipinski definition) is 0. The van der Waals surface area contributed by atoms with Crippen LogP contribution in [0.1, 0.15) is 52.1 Å². The quantitative estimate of drug-likeness (QED) is 0.791. The van der Waals surface area contributed by atoms with Crippen LogP contribution in [0.15, 0.2) is 18.6 Å². The van der Waals surface area contributed by atoms with Gasteiger partial charge in [-0.05, 0) is 40.5 Å². The molecule has 0 bridgehead atoms. The molecule has 4 rings (SSSR count). The van der Waals surface area contributed by atoms with Crippen molar-refractivity contribution in [1.82, 2.24) is 14.4 Å². The van der Waals surface area contributed by atoms with Crippen molar-refractivity contribution >= 4 is 18.4 Å². The molecule has 0 aromatic carbocycles. The van der Waals surface area contributed by atoms with Gasteiger partial charge in [-0.25, -0.2) is 4.98 Å². The van der Waals surface area contributed by atoms with E-state index in [0.29, 0.717) is 5.92 Å². The number of rotatable bonds is 2. The summed E-state index contributed by atoms with van der Waals surface area (Å²) in [6.07, 6.45) is 8.26. The molecule has 1 saturated carbocycles. The van der Waals surface area contributed by atoms with E-state index in [9.17, 15) is 0 Å². The summed E-state index contributed by atoms with van der Waals surface area (Å²) in [5, 5.41) is 0. The van der Waals surface area contributed by atoms with Crippen molar-refractivity contribution in [2.24, 2.45) is 0 Å². The van der Waals surface area contributed by atoms with E-state index in [1.54, 1.807) is 6.20 Å². The van der Waals surface area contributed by atoms with Gasteiger partial charge in [0.25, 0.3) is 0 Å². The molecular formula is C15H20BN3O2. The van der Waals surface area contributed by atoms with Crippen molar-refractivity contribution in [3.63, 3.8) is 0 Å². The molecule has 6 heteroatoms. The van der Waals surface area contributed by atoms with Crippen molar-refractivity contribution in [1.29, 1.82) is 0 Å². The second-order valence-corrected chi connectivity index (χ2v) is 7.07. The molecule has 0 N–H and O–H groups in total. The van der Waals surface area contributed by atoms with E-state index in [4.69, 9.17) is 14.3 Å². The first kappa shape index (κ1) is 13.3. The van der Waals surface area contributed by atoms with E-state index in [-0.39, 0.29) is 11.2 Å². The molecule has 2 aromatic heterocycles. The number of nitrogens with zero attached hydrogens (tertiary/aromatic N) is 3. The molecule has 110 valence electrons. The molecule has 21 heavy (non-hydrogen) atoms. The summed E-state index contributed by atoms with van der Waals surface area (Å²) in [6, 6.07) is 0. The zero-order valence-corrected chi connectivity index (χ0v) is 13.0. The van der Waals surface area contributed by atoms with Crippen molar-refractivity contribution in [2.75, 3.05) is 0 Å². The van der Waals surface area contributed by atoms with E-state index in [2.05, 4.69) is 38.9 Å². The highest BCUT2D eigenvalue weighted by Crippen LogP contribution is 2.39. The molecule has 0 atom stereocenters. The Labute approximate surface area is 124 Å². The second kappa shape index (κ2) is 4.08. The molecule has 2 aliphatic rings. The summed E-state index contributed by atoms with van der Waals surface area (Å²) in [5.41, 5.74) is 2.00. The highest BCUT2D eigenvalue weighted by Gasteiger charge is 2.53. The van der Waals surface area contributed by atoms with Gasteiger partial charge >= 0.3 is 7.12 Å². The Hall–Kier alpha value is -1.40. The van der Waals surface area contributed by atoms with Crippen LogP contribution in [0, 0.1) is 0 Å². The Morgan fingerprint density at radius 3 is 2.48 bits per heavy atom. The maximum absolute atomic E-state index is 6.14. The topological polar surface area (TPSA) is 48.7 Å². The van der Waals surface area contributed by atoms with Gasteiger partial charge in [-0.3, -0.25) is 4.98 Å². The third kappa shape index (κ3) is 2.00. The maximum Gasteiger partial charge on any atom is 0.518 e. The first-order valence-electron chi connectivity index (χ1n) is 7.56. The number of imidazole rings is 1. The van der Waals surface area contributed by atoms with Crippen LogP contribution in [0.4, 0.5) is 0 Å². The number of fused-ring (bicyclic) bond motifs is 1. The van der Waals surface area contributed by atoms with E-state index in [0.717, 1.165) is 16.9 Å². The van der Waals surface area contributed by atoms with Gasteiger partial charge in [0, 0.05) is 24.5 Å². The summed E-state index contributed by atoms with van der Waals surface area (Å²) in [6.45, 7) is 8.22. The second-order valence-electron chi connectivity index (χ2n) is 7.07. The minimum atomic E-state index is -0.460. The van der Waals surface area contributed by atoms with E-state index in [1.165, 1.54) is 12.8 Å². The molecule has 1 aliphatic carbocycles. The van der Waals surface area contributed by atoms with Crippen LogP contribution < -0.4 is 5.59 Å². The average Bonchev–Trinajstić information content (AvgIpc) is 3.09. The van der Waals surface area contributed by atoms with Crippen LogP contribution in [0.3, 0.4) is 0 Å². The summed E-state index contributed by atoms with van der Waals surface area (Å²) in [5.74, 6) is 0.581. The monoisotopic (exact) mass is 285 g/mol. The third-order valence-electron chi connectivity index (χ3n) is 4.89. The standard InChI is InChI=1S/C15H20BN3O2/c1-14(2)15(3,4)21-16(20-14)12-13-17-7-8-19(13)9-11(18-12)10-5-6-10/h7-10H,5-6H2,1-4H3. The van der Waals surface area contributed by atoms with Gasteiger partial charge in [0.15, 0.2) is 5.65 Å². The van der Waals surface area contributed by atoms with Gasteiger partial charge in [0.05, 0.1) is 16.9 Å². The lowest BCUT2D eigenvalue weighted by molar-refractivity contribution is 0.00578. The van der Waals surface area contributed by atoms with Crippen molar-refractivity contribution in [2.45, 2.75) is 57.7 Å². The van der Waals surface area contributed by atoms with Gasteiger partial charge in [0.1, 0.15) is 5.59 Å². The number of hydrogen-bond acceptors (Lipinski definition) is 4. The predicted molar refractivity (Wildman–Crippen MR) is 80.7 cm³/mol. The molecule has 1 saturated heterocycles. The highest BCUT2D eigenvalue weighted by atomic mass is 16.7. The van der Waals surface area contributed by atoms with Crippen LogP contribution in [-0.2, 0) is 9.31 Å². The third-order valence-corrected chi connectivity index (χ3v) is 4.89. The van der Waals surface area contributed by atoms with Gasteiger partial charge < -0.3 is 13.7 Å². The number of aromatic nitrogens is 3. The van der Waals surface area contributed by atoms with Crippen molar-refractivity contribution in [3.8, 4) is 0 Å². The van der Waals surface area contributed by atoms with Crippen LogP contribution in [0.25, 0.3) is 5.65 Å². The normalized spacial score (nSPS) is 23.9. The van der Waals surface area contributed by atoms with Crippen molar-refractivity contribution < 1.29 is 9.31 Å². The van der Waals surface area contributed by atoms with E-state index < -0.39 is 7.12 Å². The summed E-state index contributed by atoms with van der Waals surface area (Å²) < 4.78 is 14.3. The Balaban J connectivity index is 1.81. The van der Waals surface area contributed by atoms with Gasteiger partial charge in [-0.15, -0.1) is 0 Å². The molecule has 1 aliphatic heterocycles. The fraction of sp³-hybridized carbons (Fsp3) is 0.600. The molecule has 2 aromatic rings. The molecule has 0 radical (unpaired) electrons. The van der Waals surface area contributed by atoms with E-state index >= 15 is 0 Å². The fourth-order valence-corrected chi connectivity index (χ4v) is 2.66. The van der Waals surface area contributed by atoms with Crippen LogP contribution in [0.2, 0.25) is 0 Å². The van der Waals surface area contributed by atoms with Crippen LogP contribution in [-0.4, -0.2) is 32.7 Å². The average molecular weight is 285 g/mol. The Morgan fingerprint density at radius 2 is 1.86 bits per heavy atom. The minimum Gasteiger partial charge on any atom is -0.398 e. The van der Waals surface area contributed by atoms with Crippen LogP contribution >= 0.6 is 0 Å². The summed E-state index contributed by atoms with van der Waals surface area (Å²) >= 11 is 0. The molecule has 0 amide bonds. The van der Waals surface area contributed by atoms with Gasteiger partial charge in [-0.1, -0.05) is 0 Å². The molecule has 2 fully saturated rings. The Kier molecular flexibility index (Phi) is 2.58. The SMILES string of the molecule is CC1(C)OB(c2nc(C3CC3)cn3ccnc23)OC1(C)C. The summed E-state index contributed by atoms with van der Waals surface area (Å²) in [4.78, 5) is 9.23. The molecule has 0 spiro atoms. The zero-order valence-electron chi connectivity index (χ0n) is 13.0. The maximum atomic E-state index is 6.14. The predicted octanol–water partition coefficient (Wildman–Crippen LogP) is 1.91. The van der Waals surface area contributed by atoms with Crippen molar-refractivity contribution in [3.05, 3.63) is 24.3 Å². The fourth-order valence-electron chi connectivity index (χ4n) is 2.66. The minimum absolute atomic E-state index is 0.363. The lowest BCUT2D eigenvalue weighted by Crippen LogP contribution is -2.41. The van der Waals surface area contributed by atoms with Gasteiger partial charge in [-0.2, -0.15) is 0 Å². The highest BCUT2D eigenvalue weighted by molar-refractivity contribution is 6.63. The zero-order chi connectivity index (χ0) is 14.8. The van der Waals surface area contributed by atoms with E-state index in [1.807, 2.05) is 10.6 Å². The van der Waals surface area contributed by atoms with Crippen LogP contribution in [0.5, 0.6) is 0 Å². The largest absolute Gasteiger partial charge is 0.518 e. The first-order valence-corrected chi connectivity index (χ1v) is 7.56. The molecule has 5 nitrogen and oxygen atoms in total. The summed E-state index contributed by atoms with van der Waals surface area (Å²) in [7, 11) is -0.460. The lowest BCUT2D eigenvalue weighted by atomic mass is 9.84.